The Balaban J connectivity index is 1.81. The summed E-state index contributed by atoms with van der Waals surface area (Å²) in [6.45, 7) is 2.20. The second-order valence-corrected chi connectivity index (χ2v) is 6.08. The predicted octanol–water partition coefficient (Wildman–Crippen LogP) is 1.65. The molecular weight excluding hydrogens is 280 g/mol. The highest BCUT2D eigenvalue weighted by Crippen LogP contribution is 2.25. The monoisotopic (exact) mass is 302 g/mol. The summed E-state index contributed by atoms with van der Waals surface area (Å²) in [5, 5.41) is 8.92. The number of piperidine rings is 1. The Hall–Kier alpha value is -2.08. The van der Waals surface area contributed by atoms with Gasteiger partial charge in [0.25, 0.3) is 0 Å². The Bertz CT molecular complexity index is 674. The van der Waals surface area contributed by atoms with Crippen molar-refractivity contribution < 1.29 is 9.90 Å². The van der Waals surface area contributed by atoms with Crippen LogP contribution in [0.2, 0.25) is 0 Å². The highest BCUT2D eigenvalue weighted by molar-refractivity contribution is 5.81. The van der Waals surface area contributed by atoms with E-state index in [1.165, 1.54) is 12.8 Å². The zero-order valence-electron chi connectivity index (χ0n) is 13.1. The molecule has 1 N–H and O–H groups in total. The third-order valence-electron chi connectivity index (χ3n) is 4.55. The van der Waals surface area contributed by atoms with Crippen LogP contribution >= 0.6 is 0 Å². The van der Waals surface area contributed by atoms with Crippen LogP contribution in [0.15, 0.2) is 24.5 Å². The lowest BCUT2D eigenvalue weighted by atomic mass is 10.0. The van der Waals surface area contributed by atoms with Crippen LogP contribution in [0.3, 0.4) is 0 Å². The van der Waals surface area contributed by atoms with Gasteiger partial charge in [-0.25, -0.2) is 4.98 Å². The molecule has 0 unspecified atom stereocenters. The number of imidazole rings is 1. The Morgan fingerprint density at radius 1 is 1.41 bits per heavy atom. The van der Waals surface area contributed by atoms with Crippen molar-refractivity contribution in [3.8, 4) is 0 Å². The van der Waals surface area contributed by atoms with Crippen LogP contribution in [0, 0.1) is 0 Å². The number of fused-ring (bicyclic) bond motifs is 1. The summed E-state index contributed by atoms with van der Waals surface area (Å²) in [5.74, 6) is -0.855. The van der Waals surface area contributed by atoms with Crippen LogP contribution in [-0.4, -0.2) is 58.8 Å². The number of hydrogen-bond acceptors (Lipinski definition) is 4. The van der Waals surface area contributed by atoms with E-state index in [4.69, 9.17) is 5.11 Å². The van der Waals surface area contributed by atoms with Gasteiger partial charge in [-0.3, -0.25) is 4.79 Å². The molecule has 3 rings (SSSR count). The number of nitrogens with zero attached hydrogens (tertiary/aromatic N) is 4. The number of aromatic nitrogens is 2. The number of carboxylic acids is 1. The Labute approximate surface area is 130 Å². The minimum absolute atomic E-state index is 0.0549. The summed E-state index contributed by atoms with van der Waals surface area (Å²) >= 11 is 0. The third-order valence-corrected chi connectivity index (χ3v) is 4.55. The molecule has 1 fully saturated rings. The first kappa shape index (κ1) is 14.8. The standard InChI is InChI=1S/C16H22N4O2/c1-18-7-5-12(6-8-18)19(2)13-3-4-15-14(9-13)17-11-20(15)10-16(21)22/h3-4,9,11-12H,5-8,10H2,1-2H3,(H,21,22). The Morgan fingerprint density at radius 3 is 2.82 bits per heavy atom. The molecule has 2 heterocycles. The fourth-order valence-corrected chi connectivity index (χ4v) is 3.14. The molecule has 0 saturated carbocycles. The first-order chi connectivity index (χ1) is 10.5. The Morgan fingerprint density at radius 2 is 2.14 bits per heavy atom. The largest absolute Gasteiger partial charge is 0.480 e. The summed E-state index contributed by atoms with van der Waals surface area (Å²) < 4.78 is 1.66. The molecule has 0 radical (unpaired) electrons. The van der Waals surface area contributed by atoms with Crippen LogP contribution in [0.25, 0.3) is 11.0 Å². The van der Waals surface area contributed by atoms with E-state index >= 15 is 0 Å². The van der Waals surface area contributed by atoms with Crippen molar-refractivity contribution >= 4 is 22.7 Å². The molecule has 22 heavy (non-hydrogen) atoms. The van der Waals surface area contributed by atoms with Crippen molar-refractivity contribution in [1.82, 2.24) is 14.5 Å². The maximum Gasteiger partial charge on any atom is 0.323 e. The highest BCUT2D eigenvalue weighted by atomic mass is 16.4. The van der Waals surface area contributed by atoms with Gasteiger partial charge in [-0.2, -0.15) is 0 Å². The number of benzene rings is 1. The molecule has 118 valence electrons. The van der Waals surface area contributed by atoms with E-state index in [-0.39, 0.29) is 6.54 Å². The van der Waals surface area contributed by atoms with Gasteiger partial charge < -0.3 is 19.5 Å². The predicted molar refractivity (Wildman–Crippen MR) is 86.3 cm³/mol. The fraction of sp³-hybridized carbons (Fsp3) is 0.500. The van der Waals surface area contributed by atoms with Gasteiger partial charge in [0, 0.05) is 18.8 Å². The number of hydrogen-bond donors (Lipinski definition) is 1. The minimum Gasteiger partial charge on any atom is -0.480 e. The van der Waals surface area contributed by atoms with E-state index in [9.17, 15) is 4.79 Å². The lowest BCUT2D eigenvalue weighted by Gasteiger charge is -2.36. The van der Waals surface area contributed by atoms with Crippen LogP contribution in [0.1, 0.15) is 12.8 Å². The number of rotatable bonds is 4. The van der Waals surface area contributed by atoms with E-state index in [0.29, 0.717) is 6.04 Å². The SMILES string of the molecule is CN1CCC(N(C)c2ccc3c(c2)ncn3CC(=O)O)CC1. The summed E-state index contributed by atoms with van der Waals surface area (Å²) in [6, 6.07) is 6.62. The van der Waals surface area contributed by atoms with E-state index in [2.05, 4.69) is 34.9 Å². The van der Waals surface area contributed by atoms with Crippen molar-refractivity contribution in [2.24, 2.45) is 0 Å². The molecule has 2 aromatic rings. The van der Waals surface area contributed by atoms with Gasteiger partial charge in [-0.15, -0.1) is 0 Å². The van der Waals surface area contributed by atoms with E-state index < -0.39 is 5.97 Å². The molecule has 0 spiro atoms. The normalized spacial score (nSPS) is 17.0. The van der Waals surface area contributed by atoms with Crippen LogP contribution in [0.5, 0.6) is 0 Å². The average molecular weight is 302 g/mol. The lowest BCUT2D eigenvalue weighted by Crippen LogP contribution is -2.41. The maximum absolute atomic E-state index is 10.9. The second-order valence-electron chi connectivity index (χ2n) is 6.08. The quantitative estimate of drug-likeness (QED) is 0.930. The molecule has 1 aromatic heterocycles. The first-order valence-electron chi connectivity index (χ1n) is 7.62. The van der Waals surface area contributed by atoms with Crippen molar-refractivity contribution in [2.75, 3.05) is 32.1 Å². The van der Waals surface area contributed by atoms with Gasteiger partial charge >= 0.3 is 5.97 Å². The van der Waals surface area contributed by atoms with Crippen LogP contribution < -0.4 is 4.90 Å². The van der Waals surface area contributed by atoms with Crippen molar-refractivity contribution in [3.63, 3.8) is 0 Å². The molecule has 1 saturated heterocycles. The molecule has 1 aliphatic heterocycles. The molecular formula is C16H22N4O2. The minimum atomic E-state index is -0.855. The lowest BCUT2D eigenvalue weighted by molar-refractivity contribution is -0.137. The van der Waals surface area contributed by atoms with E-state index in [1.54, 1.807) is 10.9 Å². The summed E-state index contributed by atoms with van der Waals surface area (Å²) in [4.78, 5) is 19.9. The van der Waals surface area contributed by atoms with E-state index in [1.807, 2.05) is 12.1 Å². The number of carboxylic acid groups (broad SMARTS) is 1. The van der Waals surface area contributed by atoms with Gasteiger partial charge in [-0.1, -0.05) is 0 Å². The summed E-state index contributed by atoms with van der Waals surface area (Å²) in [7, 11) is 4.29. The van der Waals surface area contributed by atoms with Crippen molar-refractivity contribution in [3.05, 3.63) is 24.5 Å². The first-order valence-corrected chi connectivity index (χ1v) is 7.62. The zero-order chi connectivity index (χ0) is 15.7. The molecule has 0 atom stereocenters. The molecule has 6 nitrogen and oxygen atoms in total. The fourth-order valence-electron chi connectivity index (χ4n) is 3.14. The second kappa shape index (κ2) is 5.96. The highest BCUT2D eigenvalue weighted by Gasteiger charge is 2.21. The van der Waals surface area contributed by atoms with Crippen molar-refractivity contribution in [2.45, 2.75) is 25.4 Å². The maximum atomic E-state index is 10.9. The van der Waals surface area contributed by atoms with Crippen molar-refractivity contribution in [1.29, 1.82) is 0 Å². The number of aliphatic carboxylic acids is 1. The topological polar surface area (TPSA) is 61.6 Å². The van der Waals surface area contributed by atoms with Crippen LogP contribution in [0.4, 0.5) is 5.69 Å². The number of carbonyl (C=O) groups is 1. The molecule has 6 heteroatoms. The van der Waals surface area contributed by atoms with E-state index in [0.717, 1.165) is 29.8 Å². The number of anilines is 1. The van der Waals surface area contributed by atoms with Crippen LogP contribution in [-0.2, 0) is 11.3 Å². The smallest absolute Gasteiger partial charge is 0.323 e. The summed E-state index contributed by atoms with van der Waals surface area (Å²) in [6.07, 6.45) is 3.93. The Kier molecular flexibility index (Phi) is 4.02. The zero-order valence-corrected chi connectivity index (χ0v) is 13.1. The third kappa shape index (κ3) is 2.92. The molecule has 0 bridgehead atoms. The molecule has 0 amide bonds. The molecule has 1 aliphatic rings. The van der Waals surface area contributed by atoms with Gasteiger partial charge in [-0.05, 0) is 51.2 Å². The summed E-state index contributed by atoms with van der Waals surface area (Å²) in [5.41, 5.74) is 2.85. The van der Waals surface area contributed by atoms with Gasteiger partial charge in [0.05, 0.1) is 17.4 Å². The number of likely N-dealkylation sites (tertiary alicyclic amines) is 1. The van der Waals surface area contributed by atoms with Gasteiger partial charge in [0.15, 0.2) is 0 Å². The van der Waals surface area contributed by atoms with Gasteiger partial charge in [0.1, 0.15) is 6.54 Å². The van der Waals surface area contributed by atoms with Gasteiger partial charge in [0.2, 0.25) is 0 Å². The molecule has 1 aromatic carbocycles. The average Bonchev–Trinajstić information content (AvgIpc) is 2.89. The molecule has 0 aliphatic carbocycles.